The molecule has 0 spiro atoms. The van der Waals surface area contributed by atoms with Crippen LogP contribution in [0.1, 0.15) is 5.56 Å². The van der Waals surface area contributed by atoms with Gasteiger partial charge in [0.05, 0.1) is 0 Å². The summed E-state index contributed by atoms with van der Waals surface area (Å²) in [5.74, 6) is -1.10. The zero-order chi connectivity index (χ0) is 18.0. The van der Waals surface area contributed by atoms with E-state index in [0.717, 1.165) is 18.2 Å². The number of ether oxygens (including phenoxy) is 2. The van der Waals surface area contributed by atoms with E-state index in [-0.39, 0.29) is 11.1 Å². The molecule has 24 heavy (non-hydrogen) atoms. The van der Waals surface area contributed by atoms with Crippen molar-refractivity contribution < 1.29 is 35.8 Å². The van der Waals surface area contributed by atoms with E-state index in [1.165, 1.54) is 30.3 Å². The Kier molecular flexibility index (Phi) is 4.77. The highest BCUT2D eigenvalue weighted by Gasteiger charge is 2.33. The van der Waals surface area contributed by atoms with Crippen LogP contribution in [0.5, 0.6) is 11.5 Å². The van der Waals surface area contributed by atoms with Crippen molar-refractivity contribution >= 4 is 6.08 Å². The Hall–Kier alpha value is -2.64. The smallest absolute Gasteiger partial charge is 0.406 e. The van der Waals surface area contributed by atoms with Crippen molar-refractivity contribution in [2.45, 2.75) is 12.7 Å². The second-order valence-electron chi connectivity index (χ2n) is 4.58. The summed E-state index contributed by atoms with van der Waals surface area (Å²) in [4.78, 5) is 0. The first kappa shape index (κ1) is 17.7. The molecule has 2 nitrogen and oxygen atoms in total. The standard InChI is InChI=1S/C16H10F6O2/c1-2-10-6-7-14(24-16(20,21)22)13(8-10)11-4-3-5-12(9-11)23-15(17,18)19/h2-9H,1H2. The number of hydrogen-bond donors (Lipinski definition) is 0. The second-order valence-corrected chi connectivity index (χ2v) is 4.58. The van der Waals surface area contributed by atoms with Gasteiger partial charge in [-0.25, -0.2) is 0 Å². The molecule has 0 saturated carbocycles. The molecule has 2 aromatic carbocycles. The van der Waals surface area contributed by atoms with Crippen LogP contribution in [0.4, 0.5) is 26.3 Å². The Morgan fingerprint density at radius 2 is 1.50 bits per heavy atom. The Bertz CT molecular complexity index is 734. The topological polar surface area (TPSA) is 18.5 Å². The van der Waals surface area contributed by atoms with E-state index in [1.807, 2.05) is 0 Å². The molecule has 2 rings (SSSR count). The van der Waals surface area contributed by atoms with Crippen molar-refractivity contribution in [3.05, 3.63) is 54.6 Å². The van der Waals surface area contributed by atoms with Crippen molar-refractivity contribution in [3.63, 3.8) is 0 Å². The fourth-order valence-corrected chi connectivity index (χ4v) is 1.97. The van der Waals surface area contributed by atoms with Crippen molar-refractivity contribution in [3.8, 4) is 22.6 Å². The molecule has 0 aliphatic rings. The van der Waals surface area contributed by atoms with Crippen LogP contribution in [-0.2, 0) is 0 Å². The second kappa shape index (κ2) is 6.46. The third-order valence-electron chi connectivity index (χ3n) is 2.84. The van der Waals surface area contributed by atoms with E-state index in [1.54, 1.807) is 0 Å². The molecule has 0 atom stereocenters. The van der Waals surface area contributed by atoms with Gasteiger partial charge in [-0.1, -0.05) is 30.9 Å². The maximum absolute atomic E-state index is 12.5. The molecule has 0 aromatic heterocycles. The van der Waals surface area contributed by atoms with Gasteiger partial charge in [0.1, 0.15) is 11.5 Å². The number of benzene rings is 2. The normalized spacial score (nSPS) is 11.9. The fourth-order valence-electron chi connectivity index (χ4n) is 1.97. The van der Waals surface area contributed by atoms with Gasteiger partial charge >= 0.3 is 12.7 Å². The van der Waals surface area contributed by atoms with Crippen LogP contribution in [0.2, 0.25) is 0 Å². The molecular formula is C16H10F6O2. The fraction of sp³-hybridized carbons (Fsp3) is 0.125. The van der Waals surface area contributed by atoms with Crippen LogP contribution >= 0.6 is 0 Å². The van der Waals surface area contributed by atoms with Crippen molar-refractivity contribution in [2.75, 3.05) is 0 Å². The lowest BCUT2D eigenvalue weighted by Gasteiger charge is -2.15. The first-order valence-electron chi connectivity index (χ1n) is 6.46. The van der Waals surface area contributed by atoms with Gasteiger partial charge in [-0.3, -0.25) is 0 Å². The van der Waals surface area contributed by atoms with Crippen LogP contribution < -0.4 is 9.47 Å². The Labute approximate surface area is 132 Å². The summed E-state index contributed by atoms with van der Waals surface area (Å²) in [6, 6.07) is 8.31. The summed E-state index contributed by atoms with van der Waals surface area (Å²) < 4.78 is 82.1. The first-order chi connectivity index (χ1) is 11.1. The Morgan fingerprint density at radius 3 is 2.08 bits per heavy atom. The highest BCUT2D eigenvalue weighted by Crippen LogP contribution is 2.37. The zero-order valence-electron chi connectivity index (χ0n) is 11.9. The number of rotatable bonds is 4. The quantitative estimate of drug-likeness (QED) is 0.651. The molecular weight excluding hydrogens is 338 g/mol. The average Bonchev–Trinajstić information content (AvgIpc) is 2.44. The maximum atomic E-state index is 12.5. The van der Waals surface area contributed by atoms with Crippen LogP contribution in [0.3, 0.4) is 0 Å². The summed E-state index contributed by atoms with van der Waals surface area (Å²) in [6.07, 6.45) is -8.46. The van der Waals surface area contributed by atoms with E-state index in [9.17, 15) is 26.3 Å². The minimum Gasteiger partial charge on any atom is -0.406 e. The highest BCUT2D eigenvalue weighted by molar-refractivity contribution is 5.74. The third kappa shape index (κ3) is 4.94. The number of hydrogen-bond acceptors (Lipinski definition) is 2. The van der Waals surface area contributed by atoms with Crippen LogP contribution in [0.15, 0.2) is 49.0 Å². The predicted molar refractivity (Wildman–Crippen MR) is 75.3 cm³/mol. The first-order valence-corrected chi connectivity index (χ1v) is 6.46. The van der Waals surface area contributed by atoms with Gasteiger partial charge in [-0.05, 0) is 35.4 Å². The molecule has 0 N–H and O–H groups in total. The lowest BCUT2D eigenvalue weighted by Crippen LogP contribution is -2.18. The molecule has 0 unspecified atom stereocenters. The van der Waals surface area contributed by atoms with Crippen LogP contribution in [0, 0.1) is 0 Å². The molecule has 2 aromatic rings. The minimum atomic E-state index is -4.94. The molecule has 0 aliphatic carbocycles. The van der Waals surface area contributed by atoms with Gasteiger partial charge in [0.15, 0.2) is 0 Å². The molecule has 0 aliphatic heterocycles. The monoisotopic (exact) mass is 348 g/mol. The molecule has 0 radical (unpaired) electrons. The molecule has 0 heterocycles. The number of halogens is 6. The van der Waals surface area contributed by atoms with Gasteiger partial charge in [0, 0.05) is 5.56 Å². The van der Waals surface area contributed by atoms with Crippen LogP contribution in [0.25, 0.3) is 17.2 Å². The Balaban J connectivity index is 2.49. The average molecular weight is 348 g/mol. The van der Waals surface area contributed by atoms with Gasteiger partial charge in [-0.15, -0.1) is 26.3 Å². The van der Waals surface area contributed by atoms with Gasteiger partial charge in [0.25, 0.3) is 0 Å². The van der Waals surface area contributed by atoms with Crippen molar-refractivity contribution in [1.82, 2.24) is 0 Å². The van der Waals surface area contributed by atoms with E-state index >= 15 is 0 Å². The maximum Gasteiger partial charge on any atom is 0.573 e. The van der Waals surface area contributed by atoms with E-state index in [4.69, 9.17) is 0 Å². The van der Waals surface area contributed by atoms with Gasteiger partial charge < -0.3 is 9.47 Å². The lowest BCUT2D eigenvalue weighted by atomic mass is 10.0. The van der Waals surface area contributed by atoms with E-state index in [2.05, 4.69) is 16.1 Å². The van der Waals surface area contributed by atoms with Crippen molar-refractivity contribution in [1.29, 1.82) is 0 Å². The minimum absolute atomic E-state index is 0.0441. The molecule has 0 saturated heterocycles. The molecule has 8 heteroatoms. The largest absolute Gasteiger partial charge is 0.573 e. The molecule has 0 bridgehead atoms. The number of alkyl halides is 6. The predicted octanol–water partition coefficient (Wildman–Crippen LogP) is 5.79. The summed E-state index contributed by atoms with van der Waals surface area (Å²) in [7, 11) is 0. The summed E-state index contributed by atoms with van der Waals surface area (Å²) in [5.41, 5.74) is 0.499. The summed E-state index contributed by atoms with van der Waals surface area (Å²) in [5, 5.41) is 0. The van der Waals surface area contributed by atoms with Crippen LogP contribution in [-0.4, -0.2) is 12.7 Å². The highest BCUT2D eigenvalue weighted by atomic mass is 19.4. The third-order valence-corrected chi connectivity index (χ3v) is 2.84. The molecule has 128 valence electrons. The lowest BCUT2D eigenvalue weighted by molar-refractivity contribution is -0.275. The van der Waals surface area contributed by atoms with E-state index in [0.29, 0.717) is 5.56 Å². The van der Waals surface area contributed by atoms with Gasteiger partial charge in [0.2, 0.25) is 0 Å². The molecule has 0 amide bonds. The summed E-state index contributed by atoms with van der Waals surface area (Å²) >= 11 is 0. The zero-order valence-corrected chi connectivity index (χ0v) is 11.9. The molecule has 0 fully saturated rings. The van der Waals surface area contributed by atoms with Gasteiger partial charge in [-0.2, -0.15) is 0 Å². The van der Waals surface area contributed by atoms with Crippen molar-refractivity contribution in [2.24, 2.45) is 0 Å². The summed E-state index contributed by atoms with van der Waals surface area (Å²) in [6.45, 7) is 3.50. The SMILES string of the molecule is C=Cc1ccc(OC(F)(F)F)c(-c2cccc(OC(F)(F)F)c2)c1. The van der Waals surface area contributed by atoms with E-state index < -0.39 is 24.2 Å². The Morgan fingerprint density at radius 1 is 0.833 bits per heavy atom.